The van der Waals surface area contributed by atoms with Gasteiger partial charge in [-0.25, -0.2) is 14.4 Å². The fraction of sp³-hybridized carbons (Fsp3) is 0.0833. The summed E-state index contributed by atoms with van der Waals surface area (Å²) < 4.78 is 18.7. The lowest BCUT2D eigenvalue weighted by molar-refractivity contribution is 0.0989. The second-order valence-electron chi connectivity index (χ2n) is 7.59. The summed E-state index contributed by atoms with van der Waals surface area (Å²) in [4.78, 5) is 22.6. The highest BCUT2D eigenvalue weighted by Crippen LogP contribution is 2.27. The topological polar surface area (TPSA) is 68.3 Å². The molecule has 4 heterocycles. The standard InChI is InChI=1S/C24H18ClFN6O/c1-30-13-17(10-29-30)16-4-8-23-28-12-21(32(23)14-16)15-3-6-19(20(26)9-15)24(33)31(2)18-5-7-22(25)27-11-18/h3-14H,1-2H3. The van der Waals surface area contributed by atoms with Gasteiger partial charge in [0.1, 0.15) is 16.6 Å². The molecule has 0 atom stereocenters. The molecule has 5 aromatic rings. The van der Waals surface area contributed by atoms with Gasteiger partial charge in [0.15, 0.2) is 0 Å². The Bertz CT molecular complexity index is 1490. The highest BCUT2D eigenvalue weighted by molar-refractivity contribution is 6.29. The summed E-state index contributed by atoms with van der Waals surface area (Å²) in [5.41, 5.74) is 4.44. The number of aryl methyl sites for hydroxylation is 1. The molecular formula is C24H18ClFN6O. The maximum absolute atomic E-state index is 15.1. The van der Waals surface area contributed by atoms with Crippen molar-refractivity contribution in [2.75, 3.05) is 11.9 Å². The van der Waals surface area contributed by atoms with Crippen molar-refractivity contribution in [3.8, 4) is 22.4 Å². The lowest BCUT2D eigenvalue weighted by atomic mass is 10.1. The SMILES string of the molecule is CN(C(=O)c1ccc(-c2cnc3ccc(-c4cnn(C)c4)cn23)cc1F)c1ccc(Cl)nc1. The largest absolute Gasteiger partial charge is 0.310 e. The van der Waals surface area contributed by atoms with E-state index in [9.17, 15) is 4.79 Å². The van der Waals surface area contributed by atoms with E-state index in [1.165, 1.54) is 23.2 Å². The van der Waals surface area contributed by atoms with E-state index < -0.39 is 11.7 Å². The molecule has 0 aliphatic heterocycles. The van der Waals surface area contributed by atoms with Crippen LogP contribution in [-0.2, 0) is 7.05 Å². The number of hydrogen-bond acceptors (Lipinski definition) is 4. The van der Waals surface area contributed by atoms with Crippen LogP contribution < -0.4 is 4.90 Å². The highest BCUT2D eigenvalue weighted by Gasteiger charge is 2.19. The highest BCUT2D eigenvalue weighted by atomic mass is 35.5. The van der Waals surface area contributed by atoms with Crippen molar-refractivity contribution in [1.82, 2.24) is 24.1 Å². The molecule has 164 valence electrons. The number of halogens is 2. The van der Waals surface area contributed by atoms with Gasteiger partial charge < -0.3 is 4.90 Å². The van der Waals surface area contributed by atoms with Gasteiger partial charge in [0.25, 0.3) is 5.91 Å². The van der Waals surface area contributed by atoms with E-state index in [1.807, 2.05) is 36.0 Å². The van der Waals surface area contributed by atoms with Crippen LogP contribution in [0.25, 0.3) is 28.0 Å². The molecule has 0 fully saturated rings. The number of pyridine rings is 2. The Kier molecular flexibility index (Phi) is 5.14. The van der Waals surface area contributed by atoms with Crippen LogP contribution >= 0.6 is 11.6 Å². The van der Waals surface area contributed by atoms with E-state index in [1.54, 1.807) is 42.3 Å². The molecule has 1 amide bonds. The quantitative estimate of drug-likeness (QED) is 0.359. The number of anilines is 1. The summed E-state index contributed by atoms with van der Waals surface area (Å²) >= 11 is 5.81. The van der Waals surface area contributed by atoms with Crippen molar-refractivity contribution in [2.24, 2.45) is 7.05 Å². The Balaban J connectivity index is 1.49. The summed E-state index contributed by atoms with van der Waals surface area (Å²) in [5, 5.41) is 4.53. The Morgan fingerprint density at radius 1 is 0.970 bits per heavy atom. The number of fused-ring (bicyclic) bond motifs is 1. The van der Waals surface area contributed by atoms with Gasteiger partial charge in [0.2, 0.25) is 0 Å². The summed E-state index contributed by atoms with van der Waals surface area (Å²) in [6.07, 6.45) is 8.79. The zero-order valence-electron chi connectivity index (χ0n) is 17.8. The smallest absolute Gasteiger partial charge is 0.261 e. The lowest BCUT2D eigenvalue weighted by Crippen LogP contribution is -2.27. The summed E-state index contributed by atoms with van der Waals surface area (Å²) in [6.45, 7) is 0. The minimum absolute atomic E-state index is 0.0407. The first-order chi connectivity index (χ1) is 15.9. The zero-order chi connectivity index (χ0) is 23.1. The van der Waals surface area contributed by atoms with Crippen LogP contribution in [0.2, 0.25) is 5.15 Å². The van der Waals surface area contributed by atoms with E-state index in [0.29, 0.717) is 22.1 Å². The van der Waals surface area contributed by atoms with Crippen molar-refractivity contribution in [3.05, 3.63) is 90.0 Å². The summed E-state index contributed by atoms with van der Waals surface area (Å²) in [6, 6.07) is 11.6. The first kappa shape index (κ1) is 20.8. The van der Waals surface area contributed by atoms with Crippen LogP contribution in [0.15, 0.2) is 73.4 Å². The van der Waals surface area contributed by atoms with Crippen LogP contribution in [0.4, 0.5) is 10.1 Å². The lowest BCUT2D eigenvalue weighted by Gasteiger charge is -2.17. The van der Waals surface area contributed by atoms with E-state index in [0.717, 1.165) is 16.8 Å². The second kappa shape index (κ2) is 8.14. The molecule has 0 aliphatic carbocycles. The zero-order valence-corrected chi connectivity index (χ0v) is 18.5. The predicted molar refractivity (Wildman–Crippen MR) is 125 cm³/mol. The number of imidazole rings is 1. The number of hydrogen-bond donors (Lipinski definition) is 0. The van der Waals surface area contributed by atoms with Crippen LogP contribution in [0.5, 0.6) is 0 Å². The third-order valence-electron chi connectivity index (χ3n) is 5.44. The number of aromatic nitrogens is 5. The van der Waals surface area contributed by atoms with Crippen molar-refractivity contribution >= 4 is 28.8 Å². The van der Waals surface area contributed by atoms with Crippen LogP contribution in [-0.4, -0.2) is 37.1 Å². The third kappa shape index (κ3) is 3.85. The van der Waals surface area contributed by atoms with Crippen molar-refractivity contribution in [2.45, 2.75) is 0 Å². The molecule has 0 unspecified atom stereocenters. The minimum Gasteiger partial charge on any atom is -0.310 e. The Labute approximate surface area is 193 Å². The fourth-order valence-electron chi connectivity index (χ4n) is 3.65. The van der Waals surface area contributed by atoms with Gasteiger partial charge in [-0.3, -0.25) is 13.9 Å². The van der Waals surface area contributed by atoms with Gasteiger partial charge in [-0.2, -0.15) is 5.10 Å². The predicted octanol–water partition coefficient (Wildman–Crippen LogP) is 4.87. The Morgan fingerprint density at radius 3 is 2.48 bits per heavy atom. The average Bonchev–Trinajstić information content (AvgIpc) is 3.44. The van der Waals surface area contributed by atoms with Crippen LogP contribution in [0, 0.1) is 5.82 Å². The van der Waals surface area contributed by atoms with Crippen molar-refractivity contribution < 1.29 is 9.18 Å². The second-order valence-corrected chi connectivity index (χ2v) is 7.98. The molecule has 0 N–H and O–H groups in total. The average molecular weight is 461 g/mol. The third-order valence-corrected chi connectivity index (χ3v) is 5.67. The van der Waals surface area contributed by atoms with Gasteiger partial charge >= 0.3 is 0 Å². The van der Waals surface area contributed by atoms with E-state index in [2.05, 4.69) is 15.1 Å². The number of benzene rings is 1. The van der Waals surface area contributed by atoms with E-state index in [-0.39, 0.29) is 5.56 Å². The Morgan fingerprint density at radius 2 is 1.79 bits per heavy atom. The number of amides is 1. The van der Waals surface area contributed by atoms with E-state index in [4.69, 9.17) is 11.6 Å². The fourth-order valence-corrected chi connectivity index (χ4v) is 3.76. The minimum atomic E-state index is -0.621. The van der Waals surface area contributed by atoms with Crippen molar-refractivity contribution in [3.63, 3.8) is 0 Å². The maximum Gasteiger partial charge on any atom is 0.261 e. The molecule has 0 saturated heterocycles. The normalized spacial score (nSPS) is 11.2. The summed E-state index contributed by atoms with van der Waals surface area (Å²) in [7, 11) is 3.42. The first-order valence-corrected chi connectivity index (χ1v) is 10.4. The molecule has 4 aromatic heterocycles. The van der Waals surface area contributed by atoms with E-state index >= 15 is 4.39 Å². The number of rotatable bonds is 4. The van der Waals surface area contributed by atoms with Crippen LogP contribution in [0.1, 0.15) is 10.4 Å². The summed E-state index contributed by atoms with van der Waals surface area (Å²) in [5.74, 6) is -1.11. The molecule has 5 rings (SSSR count). The van der Waals surface area contributed by atoms with Gasteiger partial charge in [0, 0.05) is 43.2 Å². The monoisotopic (exact) mass is 460 g/mol. The van der Waals surface area contributed by atoms with Crippen molar-refractivity contribution in [1.29, 1.82) is 0 Å². The molecule has 0 spiro atoms. The number of carbonyl (C=O) groups is 1. The Hall–Kier alpha value is -4.04. The number of nitrogens with zero attached hydrogens (tertiary/aromatic N) is 6. The molecule has 0 aliphatic rings. The molecule has 7 nitrogen and oxygen atoms in total. The van der Waals surface area contributed by atoms with Crippen LogP contribution in [0.3, 0.4) is 0 Å². The van der Waals surface area contributed by atoms with Gasteiger partial charge in [-0.15, -0.1) is 0 Å². The first-order valence-electron chi connectivity index (χ1n) is 10.1. The van der Waals surface area contributed by atoms with Gasteiger partial charge in [0.05, 0.1) is 35.5 Å². The molecule has 33 heavy (non-hydrogen) atoms. The maximum atomic E-state index is 15.1. The number of carbonyl (C=O) groups excluding carboxylic acids is 1. The van der Waals surface area contributed by atoms with Gasteiger partial charge in [-0.1, -0.05) is 17.7 Å². The molecule has 0 saturated carbocycles. The molecular weight excluding hydrogens is 443 g/mol. The molecule has 0 bridgehead atoms. The van der Waals surface area contributed by atoms with Gasteiger partial charge in [-0.05, 0) is 36.4 Å². The molecule has 9 heteroatoms. The molecule has 0 radical (unpaired) electrons. The molecule has 1 aromatic carbocycles.